The minimum absolute atomic E-state index is 0.547. The van der Waals surface area contributed by atoms with Crippen molar-refractivity contribution in [2.45, 2.75) is 45.1 Å². The topological polar surface area (TPSA) is 50.9 Å². The van der Waals surface area contributed by atoms with Gasteiger partial charge in [0.2, 0.25) is 0 Å². The molecule has 1 aliphatic carbocycles. The number of benzene rings is 1. The second-order valence-electron chi connectivity index (χ2n) is 5.88. The highest BCUT2D eigenvalue weighted by atomic mass is 14.9. The summed E-state index contributed by atoms with van der Waals surface area (Å²) in [5.41, 5.74) is 8.95. The number of nitrogens with zero attached hydrogens (tertiary/aromatic N) is 1. The van der Waals surface area contributed by atoms with Gasteiger partial charge in [-0.15, -0.1) is 0 Å². The predicted molar refractivity (Wildman–Crippen MR) is 85.8 cm³/mol. The number of fused-ring (bicyclic) bond motifs is 1. The van der Waals surface area contributed by atoms with Crippen molar-refractivity contribution < 1.29 is 0 Å². The highest BCUT2D eigenvalue weighted by molar-refractivity contribution is 5.96. The van der Waals surface area contributed by atoms with Crippen LogP contribution < -0.4 is 11.1 Å². The molecule has 0 bridgehead atoms. The summed E-state index contributed by atoms with van der Waals surface area (Å²) in [6.07, 6.45) is 8.23. The second kappa shape index (κ2) is 5.70. The van der Waals surface area contributed by atoms with Gasteiger partial charge in [0, 0.05) is 11.4 Å². The van der Waals surface area contributed by atoms with Gasteiger partial charge in [-0.1, -0.05) is 31.5 Å². The van der Waals surface area contributed by atoms with Crippen molar-refractivity contribution in [2.75, 3.05) is 11.1 Å². The Morgan fingerprint density at radius 3 is 2.70 bits per heavy atom. The normalized spacial score (nSPS) is 22.9. The molecule has 3 N–H and O–H groups in total. The maximum Gasteiger partial charge on any atom is 0.0743 e. The molecule has 3 rings (SSSR count). The molecule has 0 radical (unpaired) electrons. The standard InChI is InChI=1S/C17H23N3/c1-2-12-7-9-13(10-8-12)20-17-14-5-3-4-6-16(14)19-11-15(17)18/h3-6,11-13H,2,7-10,18H2,1H3,(H,19,20). The van der Waals surface area contributed by atoms with E-state index in [2.05, 4.69) is 23.3 Å². The summed E-state index contributed by atoms with van der Waals surface area (Å²) >= 11 is 0. The Labute approximate surface area is 120 Å². The maximum atomic E-state index is 6.13. The quantitative estimate of drug-likeness (QED) is 0.878. The van der Waals surface area contributed by atoms with Gasteiger partial charge in [-0.2, -0.15) is 0 Å². The second-order valence-corrected chi connectivity index (χ2v) is 5.88. The van der Waals surface area contributed by atoms with Gasteiger partial charge in [-0.05, 0) is 37.7 Å². The highest BCUT2D eigenvalue weighted by Gasteiger charge is 2.21. The number of hydrogen-bond donors (Lipinski definition) is 2. The first kappa shape index (κ1) is 13.2. The zero-order valence-electron chi connectivity index (χ0n) is 12.1. The summed E-state index contributed by atoms with van der Waals surface area (Å²) < 4.78 is 0. The van der Waals surface area contributed by atoms with E-state index in [9.17, 15) is 0 Å². The minimum Gasteiger partial charge on any atom is -0.396 e. The van der Waals surface area contributed by atoms with Crippen LogP contribution in [0.5, 0.6) is 0 Å². The van der Waals surface area contributed by atoms with Crippen molar-refractivity contribution in [3.63, 3.8) is 0 Å². The number of nitrogens with one attached hydrogen (secondary N) is 1. The van der Waals surface area contributed by atoms with E-state index in [0.717, 1.165) is 28.2 Å². The molecule has 0 spiro atoms. The monoisotopic (exact) mass is 269 g/mol. The molecular formula is C17H23N3. The van der Waals surface area contributed by atoms with E-state index in [4.69, 9.17) is 5.73 Å². The van der Waals surface area contributed by atoms with Crippen molar-refractivity contribution in [1.82, 2.24) is 4.98 Å². The number of para-hydroxylation sites is 1. The molecular weight excluding hydrogens is 246 g/mol. The predicted octanol–water partition coefficient (Wildman–Crippen LogP) is 4.20. The summed E-state index contributed by atoms with van der Waals surface area (Å²) in [7, 11) is 0. The first-order valence-corrected chi connectivity index (χ1v) is 7.67. The van der Waals surface area contributed by atoms with Crippen LogP contribution in [-0.4, -0.2) is 11.0 Å². The molecule has 1 aliphatic rings. The number of nitrogen functional groups attached to an aromatic ring is 1. The maximum absolute atomic E-state index is 6.13. The van der Waals surface area contributed by atoms with Crippen LogP contribution in [-0.2, 0) is 0 Å². The van der Waals surface area contributed by atoms with E-state index in [-0.39, 0.29) is 0 Å². The number of anilines is 2. The third-order valence-corrected chi connectivity index (χ3v) is 4.58. The summed E-state index contributed by atoms with van der Waals surface area (Å²) in [4.78, 5) is 4.39. The van der Waals surface area contributed by atoms with Crippen molar-refractivity contribution >= 4 is 22.3 Å². The van der Waals surface area contributed by atoms with Gasteiger partial charge >= 0.3 is 0 Å². The lowest BCUT2D eigenvalue weighted by molar-refractivity contribution is 0.330. The third-order valence-electron chi connectivity index (χ3n) is 4.58. The van der Waals surface area contributed by atoms with E-state index in [1.165, 1.54) is 32.1 Å². The molecule has 1 aromatic heterocycles. The molecule has 20 heavy (non-hydrogen) atoms. The number of rotatable bonds is 3. The SMILES string of the molecule is CCC1CCC(Nc2c(N)cnc3ccccc23)CC1. The molecule has 0 aliphatic heterocycles. The van der Waals surface area contributed by atoms with Crippen molar-refractivity contribution in [3.05, 3.63) is 30.5 Å². The molecule has 1 saturated carbocycles. The molecule has 2 aromatic rings. The van der Waals surface area contributed by atoms with Gasteiger partial charge in [-0.3, -0.25) is 4.98 Å². The Balaban J connectivity index is 1.82. The van der Waals surface area contributed by atoms with E-state index >= 15 is 0 Å². The van der Waals surface area contributed by atoms with Crippen LogP contribution in [0.3, 0.4) is 0 Å². The molecule has 1 fully saturated rings. The van der Waals surface area contributed by atoms with Gasteiger partial charge < -0.3 is 11.1 Å². The fourth-order valence-corrected chi connectivity index (χ4v) is 3.24. The van der Waals surface area contributed by atoms with Gasteiger partial charge in [0.15, 0.2) is 0 Å². The molecule has 3 heteroatoms. The average molecular weight is 269 g/mol. The molecule has 3 nitrogen and oxygen atoms in total. The van der Waals surface area contributed by atoms with Crippen LogP contribution in [0.4, 0.5) is 11.4 Å². The molecule has 0 saturated heterocycles. The molecule has 0 amide bonds. The summed E-state index contributed by atoms with van der Waals surface area (Å²) in [5.74, 6) is 0.916. The minimum atomic E-state index is 0.547. The lowest BCUT2D eigenvalue weighted by Crippen LogP contribution is -2.26. The highest BCUT2D eigenvalue weighted by Crippen LogP contribution is 2.33. The van der Waals surface area contributed by atoms with Crippen molar-refractivity contribution in [2.24, 2.45) is 5.92 Å². The summed E-state index contributed by atoms with van der Waals surface area (Å²) in [6, 6.07) is 8.74. The Kier molecular flexibility index (Phi) is 3.77. The average Bonchev–Trinajstić information content (AvgIpc) is 2.51. The first-order chi connectivity index (χ1) is 9.78. The molecule has 1 aromatic carbocycles. The van der Waals surface area contributed by atoms with Crippen LogP contribution in [0.1, 0.15) is 39.0 Å². The van der Waals surface area contributed by atoms with Crippen LogP contribution in [0, 0.1) is 5.92 Å². The zero-order chi connectivity index (χ0) is 13.9. The Hall–Kier alpha value is -1.77. The fraction of sp³-hybridized carbons (Fsp3) is 0.471. The number of hydrogen-bond acceptors (Lipinski definition) is 3. The first-order valence-electron chi connectivity index (χ1n) is 7.67. The van der Waals surface area contributed by atoms with E-state index in [1.54, 1.807) is 6.20 Å². The number of pyridine rings is 1. The van der Waals surface area contributed by atoms with Crippen LogP contribution in [0.2, 0.25) is 0 Å². The van der Waals surface area contributed by atoms with Gasteiger partial charge in [0.05, 0.1) is 23.1 Å². The molecule has 0 unspecified atom stereocenters. The van der Waals surface area contributed by atoms with Crippen LogP contribution in [0.25, 0.3) is 10.9 Å². The Morgan fingerprint density at radius 1 is 1.20 bits per heavy atom. The summed E-state index contributed by atoms with van der Waals surface area (Å²) in [5, 5.41) is 4.80. The van der Waals surface area contributed by atoms with E-state index in [0.29, 0.717) is 6.04 Å². The van der Waals surface area contributed by atoms with Crippen molar-refractivity contribution in [1.29, 1.82) is 0 Å². The lowest BCUT2D eigenvalue weighted by Gasteiger charge is -2.29. The number of aromatic nitrogens is 1. The number of nitrogens with two attached hydrogens (primary N) is 1. The Morgan fingerprint density at radius 2 is 1.95 bits per heavy atom. The third kappa shape index (κ3) is 2.58. The van der Waals surface area contributed by atoms with Crippen LogP contribution >= 0.6 is 0 Å². The molecule has 106 valence electrons. The summed E-state index contributed by atoms with van der Waals surface area (Å²) in [6.45, 7) is 2.30. The van der Waals surface area contributed by atoms with Gasteiger partial charge in [0.1, 0.15) is 0 Å². The van der Waals surface area contributed by atoms with E-state index in [1.807, 2.05) is 18.2 Å². The van der Waals surface area contributed by atoms with Crippen molar-refractivity contribution in [3.8, 4) is 0 Å². The molecule has 1 heterocycles. The Bertz CT molecular complexity index is 586. The molecule has 0 atom stereocenters. The fourth-order valence-electron chi connectivity index (χ4n) is 3.24. The largest absolute Gasteiger partial charge is 0.396 e. The van der Waals surface area contributed by atoms with Crippen LogP contribution in [0.15, 0.2) is 30.5 Å². The lowest BCUT2D eigenvalue weighted by atomic mass is 9.84. The van der Waals surface area contributed by atoms with Gasteiger partial charge in [0.25, 0.3) is 0 Å². The smallest absolute Gasteiger partial charge is 0.0743 e. The zero-order valence-corrected chi connectivity index (χ0v) is 12.1. The van der Waals surface area contributed by atoms with Gasteiger partial charge in [-0.25, -0.2) is 0 Å². The van der Waals surface area contributed by atoms with E-state index < -0.39 is 0 Å².